The molecule has 0 saturated carbocycles. The van der Waals surface area contributed by atoms with Crippen LogP contribution in [0.2, 0.25) is 10.0 Å². The standard InChI is InChI=1S/C16H16Cl2O3S/c1-16(19,13-6-8-14(17)9-7-13)11-22(20,21)10-12-4-2-3-5-15(12)18/h2-9,19H,10-11H2,1H3/t16-/m0/s1. The van der Waals surface area contributed by atoms with Crippen LogP contribution in [0.5, 0.6) is 0 Å². The van der Waals surface area contributed by atoms with E-state index in [1.165, 1.54) is 6.92 Å². The molecule has 2 aromatic rings. The lowest BCUT2D eigenvalue weighted by Gasteiger charge is -2.24. The maximum atomic E-state index is 12.4. The zero-order chi connectivity index (χ0) is 16.4. The summed E-state index contributed by atoms with van der Waals surface area (Å²) in [5, 5.41) is 11.4. The number of halogens is 2. The lowest BCUT2D eigenvalue weighted by molar-refractivity contribution is 0.0819. The number of sulfone groups is 1. The summed E-state index contributed by atoms with van der Waals surface area (Å²) in [5.41, 5.74) is -0.472. The van der Waals surface area contributed by atoms with E-state index < -0.39 is 21.2 Å². The van der Waals surface area contributed by atoms with E-state index in [-0.39, 0.29) is 5.75 Å². The molecule has 0 spiro atoms. The zero-order valence-corrected chi connectivity index (χ0v) is 14.3. The van der Waals surface area contributed by atoms with Gasteiger partial charge in [0.15, 0.2) is 9.84 Å². The highest BCUT2D eigenvalue weighted by molar-refractivity contribution is 7.90. The molecule has 1 atom stereocenters. The van der Waals surface area contributed by atoms with Crippen LogP contribution in [0.25, 0.3) is 0 Å². The number of aliphatic hydroxyl groups is 1. The van der Waals surface area contributed by atoms with Gasteiger partial charge in [-0.15, -0.1) is 0 Å². The average Bonchev–Trinajstić information content (AvgIpc) is 2.40. The van der Waals surface area contributed by atoms with Crippen LogP contribution in [0.3, 0.4) is 0 Å². The summed E-state index contributed by atoms with van der Waals surface area (Å²) >= 11 is 11.8. The Hall–Kier alpha value is -1.07. The van der Waals surface area contributed by atoms with Gasteiger partial charge in [0.25, 0.3) is 0 Å². The molecule has 22 heavy (non-hydrogen) atoms. The lowest BCUT2D eigenvalue weighted by atomic mass is 9.98. The van der Waals surface area contributed by atoms with Gasteiger partial charge in [0.05, 0.1) is 11.5 Å². The van der Waals surface area contributed by atoms with Crippen LogP contribution in [0.1, 0.15) is 18.1 Å². The fourth-order valence-corrected chi connectivity index (χ4v) is 4.48. The molecule has 0 aromatic heterocycles. The smallest absolute Gasteiger partial charge is 0.157 e. The molecule has 0 saturated heterocycles. The van der Waals surface area contributed by atoms with Gasteiger partial charge in [-0.2, -0.15) is 0 Å². The molecule has 2 aromatic carbocycles. The summed E-state index contributed by atoms with van der Waals surface area (Å²) < 4.78 is 24.7. The van der Waals surface area contributed by atoms with Gasteiger partial charge in [0.1, 0.15) is 5.60 Å². The largest absolute Gasteiger partial charge is 0.384 e. The van der Waals surface area contributed by atoms with Crippen molar-refractivity contribution in [2.24, 2.45) is 0 Å². The van der Waals surface area contributed by atoms with E-state index in [1.807, 2.05) is 0 Å². The second-order valence-electron chi connectivity index (χ2n) is 5.40. The Kier molecular flexibility index (Phi) is 5.17. The molecule has 2 rings (SSSR count). The van der Waals surface area contributed by atoms with Gasteiger partial charge in [0.2, 0.25) is 0 Å². The molecule has 0 unspecified atom stereocenters. The van der Waals surface area contributed by atoms with Crippen molar-refractivity contribution in [1.29, 1.82) is 0 Å². The van der Waals surface area contributed by atoms with Crippen molar-refractivity contribution in [3.05, 3.63) is 69.7 Å². The van der Waals surface area contributed by atoms with Crippen LogP contribution in [0.15, 0.2) is 48.5 Å². The Balaban J connectivity index is 2.20. The highest BCUT2D eigenvalue weighted by Gasteiger charge is 2.30. The minimum atomic E-state index is -3.54. The summed E-state index contributed by atoms with van der Waals surface area (Å²) in [4.78, 5) is 0. The van der Waals surface area contributed by atoms with E-state index in [0.29, 0.717) is 21.2 Å². The monoisotopic (exact) mass is 358 g/mol. The first-order valence-electron chi connectivity index (χ1n) is 6.62. The lowest BCUT2D eigenvalue weighted by Crippen LogP contribution is -2.31. The quantitative estimate of drug-likeness (QED) is 0.883. The van der Waals surface area contributed by atoms with Crippen molar-refractivity contribution in [2.75, 3.05) is 5.75 Å². The van der Waals surface area contributed by atoms with Crippen LogP contribution in [-0.2, 0) is 21.2 Å². The Labute approximate surface area is 140 Å². The third-order valence-electron chi connectivity index (χ3n) is 3.30. The molecule has 3 nitrogen and oxygen atoms in total. The van der Waals surface area contributed by atoms with Crippen molar-refractivity contribution in [3.8, 4) is 0 Å². The predicted octanol–water partition coefficient (Wildman–Crippen LogP) is 3.82. The third-order valence-corrected chi connectivity index (χ3v) is 5.67. The van der Waals surface area contributed by atoms with E-state index >= 15 is 0 Å². The molecule has 6 heteroatoms. The molecule has 0 heterocycles. The van der Waals surface area contributed by atoms with Crippen LogP contribution in [0.4, 0.5) is 0 Å². The maximum Gasteiger partial charge on any atom is 0.157 e. The molecule has 0 radical (unpaired) electrons. The molecular weight excluding hydrogens is 343 g/mol. The minimum Gasteiger partial charge on any atom is -0.384 e. The second-order valence-corrected chi connectivity index (χ2v) is 8.31. The van der Waals surface area contributed by atoms with Crippen LogP contribution in [-0.4, -0.2) is 19.3 Å². The molecule has 0 amide bonds. The first-order chi connectivity index (χ1) is 10.2. The molecule has 1 N–H and O–H groups in total. The molecule has 0 aliphatic heterocycles. The molecule has 0 aliphatic rings. The predicted molar refractivity (Wildman–Crippen MR) is 90.0 cm³/mol. The Morgan fingerprint density at radius 3 is 2.23 bits per heavy atom. The maximum absolute atomic E-state index is 12.4. The van der Waals surface area contributed by atoms with Crippen molar-refractivity contribution in [3.63, 3.8) is 0 Å². The fourth-order valence-electron chi connectivity index (χ4n) is 2.22. The normalized spacial score (nSPS) is 14.5. The summed E-state index contributed by atoms with van der Waals surface area (Å²) in [6.45, 7) is 1.47. The Bertz CT molecular complexity index is 753. The van der Waals surface area contributed by atoms with Gasteiger partial charge in [-0.1, -0.05) is 53.5 Å². The Morgan fingerprint density at radius 1 is 1.05 bits per heavy atom. The van der Waals surface area contributed by atoms with Gasteiger partial charge in [0, 0.05) is 10.0 Å². The van der Waals surface area contributed by atoms with E-state index in [1.54, 1.807) is 48.5 Å². The topological polar surface area (TPSA) is 54.4 Å². The summed E-state index contributed by atoms with van der Waals surface area (Å²) in [6, 6.07) is 13.2. The van der Waals surface area contributed by atoms with E-state index in [0.717, 1.165) is 0 Å². The number of hydrogen-bond acceptors (Lipinski definition) is 3. The van der Waals surface area contributed by atoms with Crippen molar-refractivity contribution in [1.82, 2.24) is 0 Å². The van der Waals surface area contributed by atoms with Crippen LogP contribution < -0.4 is 0 Å². The summed E-state index contributed by atoms with van der Waals surface area (Å²) in [7, 11) is -3.54. The molecule has 0 aliphatic carbocycles. The van der Waals surface area contributed by atoms with Crippen LogP contribution >= 0.6 is 23.2 Å². The third kappa shape index (κ3) is 4.46. The highest BCUT2D eigenvalue weighted by Crippen LogP contribution is 2.26. The molecule has 0 bridgehead atoms. The van der Waals surface area contributed by atoms with Crippen molar-refractivity contribution < 1.29 is 13.5 Å². The van der Waals surface area contributed by atoms with Crippen molar-refractivity contribution in [2.45, 2.75) is 18.3 Å². The van der Waals surface area contributed by atoms with Crippen molar-refractivity contribution >= 4 is 33.0 Å². The summed E-state index contributed by atoms with van der Waals surface area (Å²) in [5.74, 6) is -0.608. The molecule has 0 fully saturated rings. The minimum absolute atomic E-state index is 0.212. The number of rotatable bonds is 5. The first-order valence-corrected chi connectivity index (χ1v) is 9.20. The highest BCUT2D eigenvalue weighted by atomic mass is 35.5. The molecule has 118 valence electrons. The van der Waals surface area contributed by atoms with Crippen LogP contribution in [0, 0.1) is 0 Å². The summed E-state index contributed by atoms with van der Waals surface area (Å²) in [6.07, 6.45) is 0. The second kappa shape index (κ2) is 6.59. The average molecular weight is 359 g/mol. The SMILES string of the molecule is C[C@](O)(CS(=O)(=O)Cc1ccccc1Cl)c1ccc(Cl)cc1. The zero-order valence-electron chi connectivity index (χ0n) is 12.0. The van der Waals surface area contributed by atoms with Gasteiger partial charge in [-0.25, -0.2) is 8.42 Å². The fraction of sp³-hybridized carbons (Fsp3) is 0.250. The van der Waals surface area contributed by atoms with E-state index in [4.69, 9.17) is 23.2 Å². The van der Waals surface area contributed by atoms with Gasteiger partial charge in [-0.3, -0.25) is 0 Å². The molecular formula is C16H16Cl2O3S. The van der Waals surface area contributed by atoms with E-state index in [2.05, 4.69) is 0 Å². The van der Waals surface area contributed by atoms with Gasteiger partial charge >= 0.3 is 0 Å². The number of benzene rings is 2. The van der Waals surface area contributed by atoms with E-state index in [9.17, 15) is 13.5 Å². The Morgan fingerprint density at radius 2 is 1.64 bits per heavy atom. The van der Waals surface area contributed by atoms with Gasteiger partial charge in [-0.05, 0) is 36.2 Å². The first kappa shape index (κ1) is 17.3. The van der Waals surface area contributed by atoms with Gasteiger partial charge < -0.3 is 5.11 Å². The number of hydrogen-bond donors (Lipinski definition) is 1.